The molecular formula is C19H18N6O3. The Kier molecular flexibility index (Phi) is 3.68. The van der Waals surface area contributed by atoms with E-state index in [0.717, 1.165) is 36.1 Å². The maximum Gasteiger partial charge on any atom is 0.356 e. The van der Waals surface area contributed by atoms with Gasteiger partial charge in [0.25, 0.3) is 0 Å². The number of aromatic amines is 1. The summed E-state index contributed by atoms with van der Waals surface area (Å²) in [5.41, 5.74) is 1.91. The predicted molar refractivity (Wildman–Crippen MR) is 104 cm³/mol. The van der Waals surface area contributed by atoms with Crippen molar-refractivity contribution in [1.82, 2.24) is 15.0 Å². The van der Waals surface area contributed by atoms with Crippen molar-refractivity contribution in [3.05, 3.63) is 42.4 Å². The van der Waals surface area contributed by atoms with Crippen LogP contribution in [0.3, 0.4) is 0 Å². The molecule has 0 spiro atoms. The molecule has 2 N–H and O–H groups in total. The molecule has 9 nitrogen and oxygen atoms in total. The summed E-state index contributed by atoms with van der Waals surface area (Å²) in [7, 11) is 1.31. The van der Waals surface area contributed by atoms with E-state index < -0.39 is 5.97 Å². The summed E-state index contributed by atoms with van der Waals surface area (Å²) >= 11 is 0. The van der Waals surface area contributed by atoms with Crippen molar-refractivity contribution in [2.45, 2.75) is 12.5 Å². The van der Waals surface area contributed by atoms with Gasteiger partial charge < -0.3 is 14.6 Å². The molecule has 0 aliphatic carbocycles. The Balaban J connectivity index is 1.50. The number of hydrogen-bond donors (Lipinski definition) is 2. The minimum atomic E-state index is -0.532. The van der Waals surface area contributed by atoms with Crippen molar-refractivity contribution in [2.75, 3.05) is 35.3 Å². The molecule has 3 aromatic heterocycles. The van der Waals surface area contributed by atoms with Gasteiger partial charge in [-0.15, -0.1) is 0 Å². The largest absolute Gasteiger partial charge is 0.464 e. The summed E-state index contributed by atoms with van der Waals surface area (Å²) in [4.78, 5) is 40.7. The van der Waals surface area contributed by atoms with Gasteiger partial charge in [-0.2, -0.15) is 0 Å². The lowest BCUT2D eigenvalue weighted by Crippen LogP contribution is -2.48. The molecule has 142 valence electrons. The fraction of sp³-hybridized carbons (Fsp3) is 0.263. The van der Waals surface area contributed by atoms with Crippen LogP contribution >= 0.6 is 0 Å². The van der Waals surface area contributed by atoms with E-state index in [1.165, 1.54) is 7.11 Å². The molecule has 0 saturated carbocycles. The van der Waals surface area contributed by atoms with Crippen molar-refractivity contribution in [3.63, 3.8) is 0 Å². The Morgan fingerprint density at radius 2 is 2.21 bits per heavy atom. The zero-order valence-corrected chi connectivity index (χ0v) is 15.2. The number of amides is 2. The molecule has 0 radical (unpaired) electrons. The molecule has 2 aliphatic rings. The van der Waals surface area contributed by atoms with Gasteiger partial charge in [-0.3, -0.25) is 10.2 Å². The molecule has 1 saturated heterocycles. The zero-order valence-electron chi connectivity index (χ0n) is 15.2. The summed E-state index contributed by atoms with van der Waals surface area (Å²) in [6.45, 7) is 1.58. The summed E-state index contributed by atoms with van der Waals surface area (Å²) < 4.78 is 4.77. The number of nitrogens with zero attached hydrogens (tertiary/aromatic N) is 4. The first-order valence-electron chi connectivity index (χ1n) is 9.02. The number of pyridine rings is 2. The third kappa shape index (κ3) is 2.55. The number of esters is 1. The lowest BCUT2D eigenvalue weighted by atomic mass is 10.2. The van der Waals surface area contributed by atoms with Crippen LogP contribution in [-0.2, 0) is 4.74 Å². The van der Waals surface area contributed by atoms with Crippen LogP contribution in [0.5, 0.6) is 0 Å². The van der Waals surface area contributed by atoms with Gasteiger partial charge in [-0.1, -0.05) is 0 Å². The Hall–Kier alpha value is -3.62. The van der Waals surface area contributed by atoms with Crippen molar-refractivity contribution >= 4 is 40.2 Å². The Morgan fingerprint density at radius 3 is 3.07 bits per heavy atom. The average Bonchev–Trinajstić information content (AvgIpc) is 3.34. The Morgan fingerprint density at radius 1 is 1.32 bits per heavy atom. The number of hydrogen-bond acceptors (Lipinski definition) is 6. The highest BCUT2D eigenvalue weighted by Crippen LogP contribution is 2.39. The standard InChI is InChI=1S/C19H18N6O3/c1-28-18(26)13-2-3-15-17(22-13)25(12-5-7-24(15)10-12)19(27)23-16-8-11-4-6-20-14(11)9-21-16/h2-4,6,8-9,12,20H,5,7,10H2,1H3,(H,21,23,27)/t12-/m0/s1. The van der Waals surface area contributed by atoms with Crippen LogP contribution < -0.4 is 15.1 Å². The summed E-state index contributed by atoms with van der Waals surface area (Å²) in [6.07, 6.45) is 4.34. The first-order chi connectivity index (χ1) is 13.6. The minimum absolute atomic E-state index is 0.0103. The fourth-order valence-corrected chi connectivity index (χ4v) is 3.88. The highest BCUT2D eigenvalue weighted by molar-refractivity contribution is 6.05. The van der Waals surface area contributed by atoms with Crippen LogP contribution in [0.15, 0.2) is 36.7 Å². The van der Waals surface area contributed by atoms with E-state index in [4.69, 9.17) is 4.74 Å². The highest BCUT2D eigenvalue weighted by Gasteiger charge is 2.40. The molecule has 5 rings (SSSR count). The number of carbonyl (C=O) groups is 2. The first kappa shape index (κ1) is 16.5. The second-order valence-electron chi connectivity index (χ2n) is 6.85. The Bertz CT molecular complexity index is 1090. The number of methoxy groups -OCH3 is 1. The van der Waals surface area contributed by atoms with E-state index in [-0.39, 0.29) is 17.8 Å². The first-order valence-corrected chi connectivity index (χ1v) is 9.02. The van der Waals surface area contributed by atoms with Gasteiger partial charge in [0.15, 0.2) is 11.5 Å². The number of anilines is 3. The molecule has 3 aromatic rings. The molecular weight excluding hydrogens is 360 g/mol. The van der Waals surface area contributed by atoms with Gasteiger partial charge >= 0.3 is 12.0 Å². The number of H-pyrrole nitrogens is 1. The van der Waals surface area contributed by atoms with Crippen molar-refractivity contribution in [2.24, 2.45) is 0 Å². The van der Waals surface area contributed by atoms with E-state index in [2.05, 4.69) is 25.2 Å². The van der Waals surface area contributed by atoms with Crippen LogP contribution in [0.2, 0.25) is 0 Å². The normalized spacial score (nSPS) is 17.5. The van der Waals surface area contributed by atoms with E-state index in [1.807, 2.05) is 24.4 Å². The van der Waals surface area contributed by atoms with Gasteiger partial charge in [0.1, 0.15) is 5.82 Å². The molecule has 2 bridgehead atoms. The molecule has 9 heteroatoms. The molecule has 0 aromatic carbocycles. The van der Waals surface area contributed by atoms with Crippen LogP contribution in [0.1, 0.15) is 16.9 Å². The zero-order chi connectivity index (χ0) is 19.3. The van der Waals surface area contributed by atoms with Crippen LogP contribution in [0, 0.1) is 0 Å². The second-order valence-corrected chi connectivity index (χ2v) is 6.85. The lowest BCUT2D eigenvalue weighted by molar-refractivity contribution is 0.0594. The smallest absolute Gasteiger partial charge is 0.356 e. The van der Waals surface area contributed by atoms with E-state index in [9.17, 15) is 9.59 Å². The number of fused-ring (bicyclic) bond motifs is 5. The third-order valence-electron chi connectivity index (χ3n) is 5.24. The second kappa shape index (κ2) is 6.22. The number of carbonyl (C=O) groups excluding carboxylic acids is 2. The maximum atomic E-state index is 13.1. The number of aromatic nitrogens is 3. The SMILES string of the molecule is COC(=O)c1ccc2c(n1)N(C(=O)Nc1cc3cc[nH]c3cn1)[C@H]1CCN2C1. The molecule has 1 fully saturated rings. The van der Waals surface area contributed by atoms with Gasteiger partial charge in [-0.05, 0) is 30.7 Å². The average molecular weight is 378 g/mol. The summed E-state index contributed by atoms with van der Waals surface area (Å²) in [5.74, 6) is 0.399. The highest BCUT2D eigenvalue weighted by atomic mass is 16.5. The molecule has 2 amide bonds. The number of ether oxygens (including phenoxy) is 1. The van der Waals surface area contributed by atoms with Crippen LogP contribution in [0.25, 0.3) is 10.9 Å². The molecule has 5 heterocycles. The van der Waals surface area contributed by atoms with Gasteiger partial charge in [0.2, 0.25) is 0 Å². The van der Waals surface area contributed by atoms with E-state index in [1.54, 1.807) is 17.2 Å². The fourth-order valence-electron chi connectivity index (χ4n) is 3.88. The maximum absolute atomic E-state index is 13.1. The molecule has 28 heavy (non-hydrogen) atoms. The van der Waals surface area contributed by atoms with E-state index in [0.29, 0.717) is 11.6 Å². The topological polar surface area (TPSA) is 103 Å². The predicted octanol–water partition coefficient (Wildman–Crippen LogP) is 2.38. The van der Waals surface area contributed by atoms with E-state index >= 15 is 0 Å². The molecule has 2 aliphatic heterocycles. The van der Waals surface area contributed by atoms with Crippen LogP contribution in [0.4, 0.5) is 22.1 Å². The van der Waals surface area contributed by atoms with Crippen molar-refractivity contribution < 1.29 is 14.3 Å². The Labute approximate surface area is 160 Å². The van der Waals surface area contributed by atoms with Gasteiger partial charge in [-0.25, -0.2) is 19.6 Å². The van der Waals surface area contributed by atoms with Crippen molar-refractivity contribution in [1.29, 1.82) is 0 Å². The number of nitrogens with one attached hydrogen (secondary N) is 2. The minimum Gasteiger partial charge on any atom is -0.464 e. The van der Waals surface area contributed by atoms with Gasteiger partial charge in [0.05, 0.1) is 30.6 Å². The quantitative estimate of drug-likeness (QED) is 0.664. The summed E-state index contributed by atoms with van der Waals surface area (Å²) in [5, 5.41) is 3.83. The molecule has 0 unspecified atom stereocenters. The van der Waals surface area contributed by atoms with Crippen LogP contribution in [-0.4, -0.2) is 53.2 Å². The number of rotatable bonds is 2. The lowest BCUT2D eigenvalue weighted by Gasteiger charge is -2.35. The number of urea groups is 1. The monoisotopic (exact) mass is 378 g/mol. The van der Waals surface area contributed by atoms with Gasteiger partial charge in [0, 0.05) is 24.7 Å². The summed E-state index contributed by atoms with van der Waals surface area (Å²) in [6, 6.07) is 6.85. The van der Waals surface area contributed by atoms with Crippen molar-refractivity contribution in [3.8, 4) is 0 Å². The molecule has 1 atom stereocenters. The third-order valence-corrected chi connectivity index (χ3v) is 5.24.